The quantitative estimate of drug-likeness (QED) is 0.766. The summed E-state index contributed by atoms with van der Waals surface area (Å²) in [5.41, 5.74) is -0.409. The number of carbonyl (C=O) groups is 1. The van der Waals surface area contributed by atoms with Gasteiger partial charge in [-0.05, 0) is 32.6 Å². The van der Waals surface area contributed by atoms with Crippen LogP contribution in [0.5, 0.6) is 0 Å². The molecule has 2 rings (SSSR count). The molecule has 2 heterocycles. The lowest BCUT2D eigenvalue weighted by molar-refractivity contribution is -0.132. The third-order valence-electron chi connectivity index (χ3n) is 4.36. The van der Waals surface area contributed by atoms with Crippen molar-refractivity contribution in [2.45, 2.75) is 32.2 Å². The molecule has 0 aromatic rings. The molecule has 0 spiro atoms. The minimum Gasteiger partial charge on any atom is -0.381 e. The second-order valence-electron chi connectivity index (χ2n) is 6.06. The number of ether oxygens (including phenoxy) is 1. The van der Waals surface area contributed by atoms with E-state index in [1.54, 1.807) is 0 Å². The highest BCUT2D eigenvalue weighted by atomic mass is 16.5. The molecule has 0 aromatic heterocycles. The van der Waals surface area contributed by atoms with Crippen molar-refractivity contribution in [3.8, 4) is 0 Å². The topological polar surface area (TPSA) is 53.6 Å². The SMILES string of the molecule is CC(C)(C(=O)NCC1CCOCC1)N1CCNCC1. The summed E-state index contributed by atoms with van der Waals surface area (Å²) in [6, 6.07) is 0. The largest absolute Gasteiger partial charge is 0.381 e. The predicted molar refractivity (Wildman–Crippen MR) is 75.1 cm³/mol. The molecular weight excluding hydrogens is 242 g/mol. The second-order valence-corrected chi connectivity index (χ2v) is 6.06. The standard InChI is InChI=1S/C14H27N3O2/c1-14(2,17-7-5-15-6-8-17)13(18)16-11-12-3-9-19-10-4-12/h12,15H,3-11H2,1-2H3,(H,16,18). The van der Waals surface area contributed by atoms with Gasteiger partial charge in [0.2, 0.25) is 5.91 Å². The summed E-state index contributed by atoms with van der Waals surface area (Å²) in [7, 11) is 0. The Morgan fingerprint density at radius 2 is 1.95 bits per heavy atom. The molecule has 2 fully saturated rings. The highest BCUT2D eigenvalue weighted by Crippen LogP contribution is 2.17. The van der Waals surface area contributed by atoms with Crippen LogP contribution in [0.15, 0.2) is 0 Å². The number of nitrogens with zero attached hydrogens (tertiary/aromatic N) is 1. The van der Waals surface area contributed by atoms with E-state index in [1.807, 2.05) is 13.8 Å². The molecule has 5 nitrogen and oxygen atoms in total. The van der Waals surface area contributed by atoms with Crippen LogP contribution in [-0.4, -0.2) is 62.3 Å². The Morgan fingerprint density at radius 3 is 2.58 bits per heavy atom. The molecule has 5 heteroatoms. The first-order valence-electron chi connectivity index (χ1n) is 7.42. The molecule has 0 bridgehead atoms. The van der Waals surface area contributed by atoms with Crippen LogP contribution >= 0.6 is 0 Å². The second kappa shape index (κ2) is 6.68. The van der Waals surface area contributed by atoms with Gasteiger partial charge >= 0.3 is 0 Å². The molecule has 2 N–H and O–H groups in total. The van der Waals surface area contributed by atoms with Gasteiger partial charge in [-0.1, -0.05) is 0 Å². The lowest BCUT2D eigenvalue weighted by Gasteiger charge is -2.40. The summed E-state index contributed by atoms with van der Waals surface area (Å²) < 4.78 is 5.34. The monoisotopic (exact) mass is 269 g/mol. The number of carbonyl (C=O) groups excluding carboxylic acids is 1. The zero-order chi connectivity index (χ0) is 13.7. The van der Waals surface area contributed by atoms with Gasteiger partial charge in [0.15, 0.2) is 0 Å². The highest BCUT2D eigenvalue weighted by Gasteiger charge is 2.35. The number of amides is 1. The van der Waals surface area contributed by atoms with Crippen LogP contribution in [0.3, 0.4) is 0 Å². The summed E-state index contributed by atoms with van der Waals surface area (Å²) >= 11 is 0. The van der Waals surface area contributed by atoms with Crippen LogP contribution in [0.2, 0.25) is 0 Å². The van der Waals surface area contributed by atoms with E-state index < -0.39 is 5.54 Å². The lowest BCUT2D eigenvalue weighted by atomic mass is 9.97. The fraction of sp³-hybridized carbons (Fsp3) is 0.929. The number of hydrogen-bond donors (Lipinski definition) is 2. The summed E-state index contributed by atoms with van der Waals surface area (Å²) in [6.07, 6.45) is 2.13. The van der Waals surface area contributed by atoms with Crippen molar-refractivity contribution in [3.05, 3.63) is 0 Å². The summed E-state index contributed by atoms with van der Waals surface area (Å²) in [6.45, 7) is 10.3. The van der Waals surface area contributed by atoms with Crippen molar-refractivity contribution < 1.29 is 9.53 Å². The molecule has 2 aliphatic rings. The van der Waals surface area contributed by atoms with E-state index in [1.165, 1.54) is 0 Å². The summed E-state index contributed by atoms with van der Waals surface area (Å²) in [5.74, 6) is 0.734. The number of hydrogen-bond acceptors (Lipinski definition) is 4. The van der Waals surface area contributed by atoms with Crippen LogP contribution in [-0.2, 0) is 9.53 Å². The molecular formula is C14H27N3O2. The zero-order valence-corrected chi connectivity index (χ0v) is 12.2. The van der Waals surface area contributed by atoms with E-state index >= 15 is 0 Å². The minimum absolute atomic E-state index is 0.154. The molecule has 0 unspecified atom stereocenters. The Morgan fingerprint density at radius 1 is 1.32 bits per heavy atom. The van der Waals surface area contributed by atoms with Gasteiger partial charge in [0.1, 0.15) is 0 Å². The Kier molecular flexibility index (Phi) is 5.19. The molecule has 0 saturated carbocycles. The van der Waals surface area contributed by atoms with Gasteiger partial charge in [-0.2, -0.15) is 0 Å². The van der Waals surface area contributed by atoms with E-state index in [4.69, 9.17) is 4.74 Å². The van der Waals surface area contributed by atoms with Crippen LogP contribution in [0, 0.1) is 5.92 Å². The lowest BCUT2D eigenvalue weighted by Crippen LogP contribution is -2.60. The van der Waals surface area contributed by atoms with E-state index in [-0.39, 0.29) is 5.91 Å². The first-order chi connectivity index (χ1) is 9.10. The third-order valence-corrected chi connectivity index (χ3v) is 4.36. The van der Waals surface area contributed by atoms with Gasteiger partial charge in [-0.3, -0.25) is 9.69 Å². The highest BCUT2D eigenvalue weighted by molar-refractivity contribution is 5.85. The average Bonchev–Trinajstić information content (AvgIpc) is 2.46. The van der Waals surface area contributed by atoms with Crippen molar-refractivity contribution in [1.82, 2.24) is 15.5 Å². The molecule has 2 saturated heterocycles. The molecule has 2 aliphatic heterocycles. The number of nitrogens with one attached hydrogen (secondary N) is 2. The van der Waals surface area contributed by atoms with E-state index in [9.17, 15) is 4.79 Å². The summed E-state index contributed by atoms with van der Waals surface area (Å²) in [5, 5.41) is 6.46. The van der Waals surface area contributed by atoms with Gasteiger partial charge in [0.25, 0.3) is 0 Å². The van der Waals surface area contributed by atoms with E-state index in [2.05, 4.69) is 15.5 Å². The third kappa shape index (κ3) is 3.91. The van der Waals surface area contributed by atoms with E-state index in [0.717, 1.165) is 58.8 Å². The maximum atomic E-state index is 12.4. The fourth-order valence-corrected chi connectivity index (χ4v) is 2.77. The number of piperazine rings is 1. The van der Waals surface area contributed by atoms with Crippen molar-refractivity contribution >= 4 is 5.91 Å². The first kappa shape index (κ1) is 14.8. The van der Waals surface area contributed by atoms with Crippen molar-refractivity contribution in [1.29, 1.82) is 0 Å². The zero-order valence-electron chi connectivity index (χ0n) is 12.2. The average molecular weight is 269 g/mol. The number of rotatable bonds is 4. The first-order valence-corrected chi connectivity index (χ1v) is 7.42. The maximum absolute atomic E-state index is 12.4. The molecule has 0 radical (unpaired) electrons. The van der Waals surface area contributed by atoms with Gasteiger partial charge in [-0.15, -0.1) is 0 Å². The van der Waals surface area contributed by atoms with Crippen LogP contribution < -0.4 is 10.6 Å². The van der Waals surface area contributed by atoms with Gasteiger partial charge in [0, 0.05) is 45.9 Å². The van der Waals surface area contributed by atoms with Crippen LogP contribution in [0.25, 0.3) is 0 Å². The van der Waals surface area contributed by atoms with Gasteiger partial charge < -0.3 is 15.4 Å². The van der Waals surface area contributed by atoms with Gasteiger partial charge in [0.05, 0.1) is 5.54 Å². The van der Waals surface area contributed by atoms with Gasteiger partial charge in [-0.25, -0.2) is 0 Å². The van der Waals surface area contributed by atoms with Crippen molar-refractivity contribution in [2.75, 3.05) is 45.9 Å². The predicted octanol–water partition coefficient (Wildman–Crippen LogP) is 0.213. The summed E-state index contributed by atoms with van der Waals surface area (Å²) in [4.78, 5) is 14.7. The Balaban J connectivity index is 1.79. The molecule has 19 heavy (non-hydrogen) atoms. The fourth-order valence-electron chi connectivity index (χ4n) is 2.77. The van der Waals surface area contributed by atoms with E-state index in [0.29, 0.717) is 5.92 Å². The molecule has 0 aromatic carbocycles. The van der Waals surface area contributed by atoms with Crippen molar-refractivity contribution in [3.63, 3.8) is 0 Å². The normalized spacial score (nSPS) is 23.3. The van der Waals surface area contributed by atoms with Crippen molar-refractivity contribution in [2.24, 2.45) is 5.92 Å². The Labute approximate surface area is 116 Å². The maximum Gasteiger partial charge on any atom is 0.239 e. The molecule has 110 valence electrons. The Bertz CT molecular complexity index is 295. The molecule has 1 amide bonds. The minimum atomic E-state index is -0.409. The smallest absolute Gasteiger partial charge is 0.239 e. The van der Waals surface area contributed by atoms with Crippen LogP contribution in [0.1, 0.15) is 26.7 Å². The van der Waals surface area contributed by atoms with Crippen LogP contribution in [0.4, 0.5) is 0 Å². The molecule has 0 aliphatic carbocycles. The molecule has 0 atom stereocenters. The Hall–Kier alpha value is -0.650.